The van der Waals surface area contributed by atoms with Crippen molar-refractivity contribution in [1.82, 2.24) is 9.29 Å². The molecule has 1 aliphatic heterocycles. The minimum Gasteiger partial charge on any atom is -0.379 e. The van der Waals surface area contributed by atoms with Gasteiger partial charge in [0, 0.05) is 24.0 Å². The molecule has 1 saturated heterocycles. The maximum Gasteiger partial charge on any atom is 0.257 e. The SMILES string of the molecule is CCc1ccc(C(=O)Nc2nc(C(C)C)cs2)cc1S(=O)(=O)N1CCOCC1. The highest BCUT2D eigenvalue weighted by atomic mass is 32.2. The van der Waals surface area contributed by atoms with Gasteiger partial charge in [0.05, 0.1) is 23.8 Å². The van der Waals surface area contributed by atoms with Gasteiger partial charge in [0.1, 0.15) is 0 Å². The number of sulfonamides is 1. The summed E-state index contributed by atoms with van der Waals surface area (Å²) in [6.45, 7) is 7.36. The van der Waals surface area contributed by atoms with E-state index in [0.717, 1.165) is 5.69 Å². The first-order chi connectivity index (χ1) is 13.3. The Hall–Kier alpha value is -1.81. The first-order valence-corrected chi connectivity index (χ1v) is 11.6. The average molecular weight is 424 g/mol. The Morgan fingerprint density at radius 3 is 2.64 bits per heavy atom. The number of carbonyl (C=O) groups is 1. The zero-order chi connectivity index (χ0) is 20.3. The molecule has 2 heterocycles. The normalized spacial score (nSPS) is 15.7. The number of aromatic nitrogens is 1. The summed E-state index contributed by atoms with van der Waals surface area (Å²) in [5.41, 5.74) is 1.90. The lowest BCUT2D eigenvalue weighted by Gasteiger charge is -2.27. The summed E-state index contributed by atoms with van der Waals surface area (Å²) < 4.78 is 32.9. The van der Waals surface area contributed by atoms with Crippen LogP contribution < -0.4 is 5.32 Å². The van der Waals surface area contributed by atoms with Crippen LogP contribution in [0.1, 0.15) is 48.3 Å². The second-order valence-corrected chi connectivity index (χ2v) is 9.64. The summed E-state index contributed by atoms with van der Waals surface area (Å²) in [5, 5.41) is 5.19. The fraction of sp³-hybridized carbons (Fsp3) is 0.474. The molecule has 0 aliphatic carbocycles. The van der Waals surface area contributed by atoms with Crippen molar-refractivity contribution in [1.29, 1.82) is 0 Å². The molecule has 7 nitrogen and oxygen atoms in total. The highest BCUT2D eigenvalue weighted by Gasteiger charge is 2.29. The topological polar surface area (TPSA) is 88.6 Å². The maximum atomic E-state index is 13.1. The van der Waals surface area contributed by atoms with E-state index in [1.54, 1.807) is 12.1 Å². The van der Waals surface area contributed by atoms with E-state index in [-0.39, 0.29) is 16.7 Å². The van der Waals surface area contributed by atoms with E-state index in [0.29, 0.717) is 49.0 Å². The van der Waals surface area contributed by atoms with Crippen molar-refractivity contribution < 1.29 is 17.9 Å². The number of hydrogen-bond donors (Lipinski definition) is 1. The summed E-state index contributed by atoms with van der Waals surface area (Å²) in [7, 11) is -3.68. The first kappa shape index (κ1) is 20.9. The van der Waals surface area contributed by atoms with Gasteiger partial charge >= 0.3 is 0 Å². The van der Waals surface area contributed by atoms with Crippen LogP contribution in [0.2, 0.25) is 0 Å². The Morgan fingerprint density at radius 2 is 2.04 bits per heavy atom. The number of hydrogen-bond acceptors (Lipinski definition) is 6. The van der Waals surface area contributed by atoms with E-state index < -0.39 is 10.0 Å². The highest BCUT2D eigenvalue weighted by Crippen LogP contribution is 2.25. The molecular formula is C19H25N3O4S2. The summed E-state index contributed by atoms with van der Waals surface area (Å²) in [6, 6.07) is 4.84. The van der Waals surface area contributed by atoms with Crippen molar-refractivity contribution in [2.24, 2.45) is 0 Å². The molecule has 1 aromatic carbocycles. The molecule has 28 heavy (non-hydrogen) atoms. The van der Waals surface area contributed by atoms with Crippen molar-refractivity contribution >= 4 is 32.4 Å². The fourth-order valence-corrected chi connectivity index (χ4v) is 5.53. The summed E-state index contributed by atoms with van der Waals surface area (Å²) in [6.07, 6.45) is 0.561. The summed E-state index contributed by atoms with van der Waals surface area (Å²) >= 11 is 1.36. The van der Waals surface area contributed by atoms with E-state index in [4.69, 9.17) is 4.74 Å². The van der Waals surface area contributed by atoms with Crippen molar-refractivity contribution in [2.75, 3.05) is 31.6 Å². The number of aryl methyl sites for hydroxylation is 1. The zero-order valence-electron chi connectivity index (χ0n) is 16.3. The number of nitrogens with zero attached hydrogens (tertiary/aromatic N) is 2. The number of thiazole rings is 1. The van der Waals surface area contributed by atoms with Gasteiger partial charge < -0.3 is 4.74 Å². The number of carbonyl (C=O) groups excluding carboxylic acids is 1. The third-order valence-electron chi connectivity index (χ3n) is 4.63. The fourth-order valence-electron chi connectivity index (χ4n) is 2.93. The molecule has 1 aromatic heterocycles. The Balaban J connectivity index is 1.88. The van der Waals surface area contributed by atoms with E-state index >= 15 is 0 Å². The van der Waals surface area contributed by atoms with Crippen molar-refractivity contribution in [3.63, 3.8) is 0 Å². The van der Waals surface area contributed by atoms with Crippen LogP contribution in [0.4, 0.5) is 5.13 Å². The van der Waals surface area contributed by atoms with E-state index in [1.807, 2.05) is 26.2 Å². The molecule has 1 aliphatic rings. The molecule has 0 unspecified atom stereocenters. The van der Waals surface area contributed by atoms with Crippen LogP contribution in [0.3, 0.4) is 0 Å². The molecule has 0 bridgehead atoms. The van der Waals surface area contributed by atoms with Crippen LogP contribution in [0, 0.1) is 0 Å². The van der Waals surface area contributed by atoms with Crippen molar-refractivity contribution in [2.45, 2.75) is 38.0 Å². The highest BCUT2D eigenvalue weighted by molar-refractivity contribution is 7.89. The molecule has 2 aromatic rings. The second-order valence-electron chi connectivity index (χ2n) is 6.88. The van der Waals surface area contributed by atoms with E-state index in [9.17, 15) is 13.2 Å². The van der Waals surface area contributed by atoms with Gasteiger partial charge in [0.2, 0.25) is 10.0 Å². The van der Waals surface area contributed by atoms with Crippen molar-refractivity contribution in [3.05, 3.63) is 40.4 Å². The Bertz CT molecular complexity index is 948. The molecular weight excluding hydrogens is 398 g/mol. The molecule has 0 spiro atoms. The second kappa shape index (κ2) is 8.69. The quantitative estimate of drug-likeness (QED) is 0.771. The lowest BCUT2D eigenvalue weighted by atomic mass is 10.1. The summed E-state index contributed by atoms with van der Waals surface area (Å²) in [5.74, 6) is -0.0956. The number of rotatable bonds is 6. The van der Waals surface area contributed by atoms with Crippen LogP contribution in [-0.2, 0) is 21.2 Å². The minimum absolute atomic E-state index is 0.187. The lowest BCUT2D eigenvalue weighted by molar-refractivity contribution is 0.0730. The monoisotopic (exact) mass is 423 g/mol. The standard InChI is InChI=1S/C19H25N3O4S2/c1-4-14-5-6-15(18(23)21-19-20-16(12-27-19)13(2)3)11-17(14)28(24,25)22-7-9-26-10-8-22/h5-6,11-13H,4,7-10H2,1-3H3,(H,20,21,23). The molecule has 9 heteroatoms. The third-order valence-corrected chi connectivity index (χ3v) is 7.39. The van der Waals surface area contributed by atoms with Gasteiger partial charge in [-0.05, 0) is 30.0 Å². The van der Waals surface area contributed by atoms with Gasteiger partial charge in [-0.2, -0.15) is 4.31 Å². The van der Waals surface area contributed by atoms with Gasteiger partial charge in [-0.15, -0.1) is 11.3 Å². The number of benzene rings is 1. The molecule has 0 radical (unpaired) electrons. The maximum absolute atomic E-state index is 13.1. The molecule has 152 valence electrons. The number of ether oxygens (including phenoxy) is 1. The van der Waals surface area contributed by atoms with Crippen LogP contribution in [0.15, 0.2) is 28.5 Å². The molecule has 0 atom stereocenters. The Labute approximate surface area is 169 Å². The zero-order valence-corrected chi connectivity index (χ0v) is 17.9. The van der Waals surface area contributed by atoms with E-state index in [1.165, 1.54) is 21.7 Å². The predicted molar refractivity (Wildman–Crippen MR) is 110 cm³/mol. The Kier molecular flexibility index (Phi) is 6.49. The van der Waals surface area contributed by atoms with Gasteiger partial charge in [-0.1, -0.05) is 26.8 Å². The number of morpholine rings is 1. The van der Waals surface area contributed by atoms with Gasteiger partial charge in [-0.3, -0.25) is 10.1 Å². The predicted octanol–water partition coefficient (Wildman–Crippen LogP) is 3.10. The first-order valence-electron chi connectivity index (χ1n) is 9.30. The lowest BCUT2D eigenvalue weighted by Crippen LogP contribution is -2.41. The molecule has 1 fully saturated rings. The van der Waals surface area contributed by atoms with Crippen molar-refractivity contribution in [3.8, 4) is 0 Å². The largest absolute Gasteiger partial charge is 0.379 e. The van der Waals surface area contributed by atoms with Gasteiger partial charge in [0.25, 0.3) is 5.91 Å². The molecule has 1 N–H and O–H groups in total. The van der Waals surface area contributed by atoms with E-state index in [2.05, 4.69) is 10.3 Å². The number of amides is 1. The van der Waals surface area contributed by atoms with Gasteiger partial charge in [0.15, 0.2) is 5.13 Å². The van der Waals surface area contributed by atoms with Crippen LogP contribution >= 0.6 is 11.3 Å². The van der Waals surface area contributed by atoms with Crippen LogP contribution in [0.5, 0.6) is 0 Å². The molecule has 3 rings (SSSR count). The molecule has 1 amide bonds. The third kappa shape index (κ3) is 4.43. The van der Waals surface area contributed by atoms with Crippen LogP contribution in [0.25, 0.3) is 0 Å². The average Bonchev–Trinajstić information content (AvgIpc) is 3.17. The molecule has 0 saturated carbocycles. The number of nitrogens with one attached hydrogen (secondary N) is 1. The van der Waals surface area contributed by atoms with Gasteiger partial charge in [-0.25, -0.2) is 13.4 Å². The summed E-state index contributed by atoms with van der Waals surface area (Å²) in [4.78, 5) is 17.3. The smallest absolute Gasteiger partial charge is 0.257 e. The minimum atomic E-state index is -3.68. The number of anilines is 1. The Morgan fingerprint density at radius 1 is 1.32 bits per heavy atom. The van der Waals surface area contributed by atoms with Crippen LogP contribution in [-0.4, -0.2) is 49.9 Å².